The van der Waals surface area contributed by atoms with Gasteiger partial charge in [0.15, 0.2) is 0 Å². The molecular formula is C25H19N3O4. The Labute approximate surface area is 184 Å². The normalized spacial score (nSPS) is 16.6. The fraction of sp³-hybridized carbons (Fsp3) is 0.120. The molecule has 0 radical (unpaired) electrons. The number of aryl methyl sites for hydroxylation is 2. The van der Waals surface area contributed by atoms with Gasteiger partial charge in [-0.05, 0) is 74.4 Å². The maximum atomic E-state index is 13.0. The third-order valence-electron chi connectivity index (χ3n) is 5.73. The smallest absolute Gasteiger partial charge is 0.280 e. The molecule has 1 N–H and O–H groups in total. The Morgan fingerprint density at radius 1 is 0.875 bits per heavy atom. The molecule has 3 heterocycles. The van der Waals surface area contributed by atoms with Gasteiger partial charge in [0.25, 0.3) is 17.7 Å². The minimum Gasteiger partial charge on any atom is -0.457 e. The number of anilines is 1. The zero-order valence-corrected chi connectivity index (χ0v) is 17.7. The van der Waals surface area contributed by atoms with E-state index < -0.39 is 11.8 Å². The minimum atomic E-state index is -0.421. The molecule has 0 saturated heterocycles. The monoisotopic (exact) mass is 425 g/mol. The number of hydrogen-bond donors (Lipinski definition) is 1. The standard InChI is InChI=1S/C25H19N3O4/c1-13-4-6-17(10-14(13)2)28-25(31)20(15(3)27-28)12-18-7-9-22(32-18)16-5-8-19-21(11-16)24(30)26-23(19)29/h4-12H,1-3H3,(H,26,29,30)/b20-12+. The second-order valence-corrected chi connectivity index (χ2v) is 7.87. The number of rotatable bonds is 3. The zero-order chi connectivity index (χ0) is 22.6. The van der Waals surface area contributed by atoms with Crippen molar-refractivity contribution in [2.75, 3.05) is 5.01 Å². The second-order valence-electron chi connectivity index (χ2n) is 7.87. The summed E-state index contributed by atoms with van der Waals surface area (Å²) in [4.78, 5) is 36.7. The molecule has 3 aromatic rings. The van der Waals surface area contributed by atoms with Crippen molar-refractivity contribution in [3.63, 3.8) is 0 Å². The van der Waals surface area contributed by atoms with Crippen LogP contribution >= 0.6 is 0 Å². The van der Waals surface area contributed by atoms with Crippen LogP contribution < -0.4 is 10.3 Å². The van der Waals surface area contributed by atoms with E-state index in [0.717, 1.165) is 11.1 Å². The molecule has 7 heteroatoms. The molecule has 32 heavy (non-hydrogen) atoms. The lowest BCUT2D eigenvalue weighted by atomic mass is 10.0. The molecule has 0 fully saturated rings. The molecule has 0 spiro atoms. The lowest BCUT2D eigenvalue weighted by molar-refractivity contribution is -0.114. The average molecular weight is 425 g/mol. The number of hydrogen-bond acceptors (Lipinski definition) is 5. The summed E-state index contributed by atoms with van der Waals surface area (Å²) in [6, 6.07) is 14.2. The van der Waals surface area contributed by atoms with Crippen LogP contribution in [0.25, 0.3) is 17.4 Å². The van der Waals surface area contributed by atoms with Gasteiger partial charge in [0.1, 0.15) is 11.5 Å². The summed E-state index contributed by atoms with van der Waals surface area (Å²) in [5.41, 5.74) is 5.32. The van der Waals surface area contributed by atoms with Crippen LogP contribution in [-0.2, 0) is 4.79 Å². The summed E-state index contributed by atoms with van der Waals surface area (Å²) in [5.74, 6) is -0.0325. The number of hydrazone groups is 1. The van der Waals surface area contributed by atoms with Gasteiger partial charge in [-0.1, -0.05) is 12.1 Å². The molecule has 2 aliphatic rings. The third kappa shape index (κ3) is 3.15. The van der Waals surface area contributed by atoms with Crippen LogP contribution in [0.15, 0.2) is 63.6 Å². The average Bonchev–Trinajstić information content (AvgIpc) is 3.43. The Morgan fingerprint density at radius 3 is 2.44 bits per heavy atom. The van der Waals surface area contributed by atoms with Crippen molar-refractivity contribution in [3.05, 3.63) is 82.1 Å². The maximum Gasteiger partial charge on any atom is 0.280 e. The summed E-state index contributed by atoms with van der Waals surface area (Å²) < 4.78 is 5.91. The second kappa shape index (κ2) is 7.16. The van der Waals surface area contributed by atoms with Crippen molar-refractivity contribution >= 4 is 35.2 Å². The Kier molecular flexibility index (Phi) is 4.41. The van der Waals surface area contributed by atoms with E-state index >= 15 is 0 Å². The van der Waals surface area contributed by atoms with Crippen molar-refractivity contribution < 1.29 is 18.8 Å². The van der Waals surface area contributed by atoms with E-state index in [0.29, 0.717) is 45.2 Å². The fourth-order valence-electron chi connectivity index (χ4n) is 3.77. The highest BCUT2D eigenvalue weighted by Crippen LogP contribution is 2.30. The van der Waals surface area contributed by atoms with Crippen LogP contribution in [0.5, 0.6) is 0 Å². The highest BCUT2D eigenvalue weighted by molar-refractivity contribution is 6.32. The number of carbonyl (C=O) groups is 3. The fourth-order valence-corrected chi connectivity index (χ4v) is 3.77. The molecular weight excluding hydrogens is 406 g/mol. The van der Waals surface area contributed by atoms with Crippen LogP contribution in [-0.4, -0.2) is 23.4 Å². The van der Waals surface area contributed by atoms with E-state index in [-0.39, 0.29) is 5.91 Å². The van der Waals surface area contributed by atoms with Gasteiger partial charge in [0.05, 0.1) is 28.1 Å². The number of carbonyl (C=O) groups excluding carboxylic acids is 3. The summed E-state index contributed by atoms with van der Waals surface area (Å²) in [6.07, 6.45) is 1.66. The van der Waals surface area contributed by atoms with Crippen LogP contribution in [0.3, 0.4) is 0 Å². The largest absolute Gasteiger partial charge is 0.457 e. The van der Waals surface area contributed by atoms with Crippen LogP contribution in [0, 0.1) is 13.8 Å². The van der Waals surface area contributed by atoms with Gasteiger partial charge in [-0.2, -0.15) is 10.1 Å². The number of nitrogens with one attached hydrogen (secondary N) is 1. The van der Waals surface area contributed by atoms with Gasteiger partial charge in [-0.25, -0.2) is 0 Å². The van der Waals surface area contributed by atoms with Crippen LogP contribution in [0.1, 0.15) is 44.5 Å². The van der Waals surface area contributed by atoms with E-state index in [1.165, 1.54) is 5.01 Å². The van der Waals surface area contributed by atoms with E-state index in [2.05, 4.69) is 10.4 Å². The Bertz CT molecular complexity index is 1390. The first kappa shape index (κ1) is 19.7. The molecule has 1 aromatic heterocycles. The molecule has 3 amide bonds. The highest BCUT2D eigenvalue weighted by Gasteiger charge is 2.30. The zero-order valence-electron chi connectivity index (χ0n) is 17.7. The van der Waals surface area contributed by atoms with Gasteiger partial charge in [-0.15, -0.1) is 0 Å². The van der Waals surface area contributed by atoms with Crippen LogP contribution in [0.4, 0.5) is 5.69 Å². The lowest BCUT2D eigenvalue weighted by Gasteiger charge is -2.13. The Hall–Kier alpha value is -4.26. The van der Waals surface area contributed by atoms with Crippen molar-refractivity contribution in [2.24, 2.45) is 5.10 Å². The SMILES string of the molecule is CC1=NN(c2ccc(C)c(C)c2)C(=O)/C1=C/c1ccc(-c2ccc3c(c2)C(=O)NC3=O)o1. The number of furan rings is 1. The first-order valence-corrected chi connectivity index (χ1v) is 10.1. The summed E-state index contributed by atoms with van der Waals surface area (Å²) >= 11 is 0. The Morgan fingerprint density at radius 2 is 1.66 bits per heavy atom. The molecule has 0 saturated carbocycles. The molecule has 0 bridgehead atoms. The number of benzene rings is 2. The quantitative estimate of drug-likeness (QED) is 0.502. The predicted molar refractivity (Wildman–Crippen MR) is 120 cm³/mol. The first-order chi connectivity index (χ1) is 15.3. The van der Waals surface area contributed by atoms with Gasteiger partial charge in [-0.3, -0.25) is 19.7 Å². The summed E-state index contributed by atoms with van der Waals surface area (Å²) in [7, 11) is 0. The molecule has 0 atom stereocenters. The van der Waals surface area contributed by atoms with Crippen molar-refractivity contribution in [3.8, 4) is 11.3 Å². The van der Waals surface area contributed by atoms with Gasteiger partial charge in [0.2, 0.25) is 0 Å². The minimum absolute atomic E-state index is 0.226. The predicted octanol–water partition coefficient (Wildman–Crippen LogP) is 4.25. The molecule has 2 aromatic carbocycles. The van der Waals surface area contributed by atoms with Crippen LogP contribution in [0.2, 0.25) is 0 Å². The van der Waals surface area contributed by atoms with Gasteiger partial charge < -0.3 is 4.42 Å². The van der Waals surface area contributed by atoms with Crippen molar-refractivity contribution in [1.82, 2.24) is 5.32 Å². The molecule has 2 aliphatic heterocycles. The molecule has 0 aliphatic carbocycles. The lowest BCUT2D eigenvalue weighted by Crippen LogP contribution is -2.21. The third-order valence-corrected chi connectivity index (χ3v) is 5.73. The van der Waals surface area contributed by atoms with E-state index in [1.807, 2.05) is 32.0 Å². The summed E-state index contributed by atoms with van der Waals surface area (Å²) in [6.45, 7) is 5.80. The molecule has 0 unspecified atom stereocenters. The van der Waals surface area contributed by atoms with E-state index in [9.17, 15) is 14.4 Å². The summed E-state index contributed by atoms with van der Waals surface area (Å²) in [5, 5.41) is 8.09. The topological polar surface area (TPSA) is 92.0 Å². The number of amides is 3. The van der Waals surface area contributed by atoms with E-state index in [1.54, 1.807) is 43.3 Å². The van der Waals surface area contributed by atoms with Crippen molar-refractivity contribution in [1.29, 1.82) is 0 Å². The molecule has 158 valence electrons. The van der Waals surface area contributed by atoms with Crippen molar-refractivity contribution in [2.45, 2.75) is 20.8 Å². The number of fused-ring (bicyclic) bond motifs is 1. The van der Waals surface area contributed by atoms with Gasteiger partial charge in [0, 0.05) is 5.56 Å². The van der Waals surface area contributed by atoms with Gasteiger partial charge >= 0.3 is 0 Å². The number of imide groups is 1. The Balaban J connectivity index is 1.43. The number of nitrogens with zero attached hydrogens (tertiary/aromatic N) is 2. The molecule has 5 rings (SSSR count). The maximum absolute atomic E-state index is 13.0. The van der Waals surface area contributed by atoms with E-state index in [4.69, 9.17) is 4.42 Å². The first-order valence-electron chi connectivity index (χ1n) is 10.1. The molecule has 7 nitrogen and oxygen atoms in total. The highest BCUT2D eigenvalue weighted by atomic mass is 16.3.